The summed E-state index contributed by atoms with van der Waals surface area (Å²) in [5, 5.41) is 14.9. The lowest BCUT2D eigenvalue weighted by molar-refractivity contribution is -0.384. The first kappa shape index (κ1) is 24.7. The van der Waals surface area contributed by atoms with Crippen molar-refractivity contribution >= 4 is 63.9 Å². The Bertz CT molecular complexity index is 1280. The van der Waals surface area contributed by atoms with Crippen LogP contribution >= 0.6 is 35.4 Å². The van der Waals surface area contributed by atoms with Crippen LogP contribution in [-0.4, -0.2) is 47.0 Å². The van der Waals surface area contributed by atoms with Gasteiger partial charge in [-0.25, -0.2) is 0 Å². The highest BCUT2D eigenvalue weighted by molar-refractivity contribution is 7.80. The number of furan rings is 1. The third kappa shape index (κ3) is 6.19. The number of nitrogens with zero attached hydrogens (tertiary/aromatic N) is 3. The van der Waals surface area contributed by atoms with Crippen molar-refractivity contribution in [3.05, 3.63) is 86.6 Å². The molecule has 1 saturated heterocycles. The van der Waals surface area contributed by atoms with Crippen LogP contribution in [0.2, 0.25) is 10.0 Å². The molecule has 1 amide bonds. The quantitative estimate of drug-likeness (QED) is 0.204. The van der Waals surface area contributed by atoms with E-state index in [-0.39, 0.29) is 11.6 Å². The van der Waals surface area contributed by atoms with Gasteiger partial charge in [-0.15, -0.1) is 0 Å². The summed E-state index contributed by atoms with van der Waals surface area (Å²) in [5.41, 5.74) is 1.56. The van der Waals surface area contributed by atoms with Crippen LogP contribution in [0.1, 0.15) is 5.76 Å². The number of halogens is 2. The summed E-state index contributed by atoms with van der Waals surface area (Å²) in [6.07, 6.45) is 2.94. The molecule has 180 valence electrons. The lowest BCUT2D eigenvalue weighted by Gasteiger charge is -2.37. The Balaban J connectivity index is 1.28. The minimum atomic E-state index is -0.479. The molecule has 0 unspecified atom stereocenters. The van der Waals surface area contributed by atoms with Gasteiger partial charge in [0.25, 0.3) is 5.69 Å². The molecular weight excluding hydrogens is 511 g/mol. The number of thiocarbonyl (C=S) groups is 1. The van der Waals surface area contributed by atoms with Crippen molar-refractivity contribution in [1.29, 1.82) is 0 Å². The van der Waals surface area contributed by atoms with Gasteiger partial charge in [-0.1, -0.05) is 23.2 Å². The number of amides is 1. The van der Waals surface area contributed by atoms with Crippen LogP contribution in [0.5, 0.6) is 0 Å². The highest BCUT2D eigenvalue weighted by Gasteiger charge is 2.22. The van der Waals surface area contributed by atoms with Crippen LogP contribution in [0.3, 0.4) is 0 Å². The molecule has 0 atom stereocenters. The van der Waals surface area contributed by atoms with E-state index in [1.54, 1.807) is 30.3 Å². The van der Waals surface area contributed by atoms with Crippen LogP contribution in [0.25, 0.3) is 17.4 Å². The maximum Gasteiger partial charge on any atom is 0.271 e. The largest absolute Gasteiger partial charge is 0.457 e. The van der Waals surface area contributed by atoms with E-state index in [9.17, 15) is 14.9 Å². The van der Waals surface area contributed by atoms with Gasteiger partial charge in [0.15, 0.2) is 5.11 Å². The Morgan fingerprint density at radius 1 is 1.06 bits per heavy atom. The summed E-state index contributed by atoms with van der Waals surface area (Å²) in [4.78, 5) is 26.7. The second kappa shape index (κ2) is 10.9. The fourth-order valence-corrected chi connectivity index (χ4v) is 4.32. The first-order valence-corrected chi connectivity index (χ1v) is 11.8. The van der Waals surface area contributed by atoms with Crippen LogP contribution in [0, 0.1) is 10.1 Å². The standard InChI is InChI=1S/C24H20Cl2N4O4S/c25-17-3-1-16(2-4-17)22-9-6-19(34-22)7-10-23(31)27-24(35)29-13-11-28(12-14-29)21-8-5-18(30(32)33)15-20(21)26/h1-10,15H,11-14H2,(H,27,31,35). The second-order valence-electron chi connectivity index (χ2n) is 7.70. The Kier molecular flexibility index (Phi) is 7.70. The van der Waals surface area contributed by atoms with E-state index in [0.29, 0.717) is 52.9 Å². The van der Waals surface area contributed by atoms with E-state index < -0.39 is 4.92 Å². The molecule has 1 fully saturated rings. The van der Waals surface area contributed by atoms with Gasteiger partial charge in [-0.05, 0) is 60.8 Å². The molecule has 8 nitrogen and oxygen atoms in total. The monoisotopic (exact) mass is 530 g/mol. The number of carbonyl (C=O) groups excluding carboxylic acids is 1. The Labute approximate surface area is 216 Å². The molecule has 3 aromatic rings. The van der Waals surface area contributed by atoms with Gasteiger partial charge >= 0.3 is 0 Å². The number of hydrogen-bond donors (Lipinski definition) is 1. The zero-order valence-electron chi connectivity index (χ0n) is 18.3. The number of nitrogens with one attached hydrogen (secondary N) is 1. The van der Waals surface area contributed by atoms with Crippen LogP contribution in [0.15, 0.2) is 65.1 Å². The molecule has 1 aliphatic heterocycles. The summed E-state index contributed by atoms with van der Waals surface area (Å²) < 4.78 is 5.76. The number of carbonyl (C=O) groups is 1. The molecule has 2 heterocycles. The van der Waals surface area contributed by atoms with E-state index in [4.69, 9.17) is 39.8 Å². The summed E-state index contributed by atoms with van der Waals surface area (Å²) >= 11 is 17.5. The molecule has 0 saturated carbocycles. The van der Waals surface area contributed by atoms with Crippen molar-refractivity contribution < 1.29 is 14.1 Å². The molecule has 0 aliphatic carbocycles. The number of rotatable bonds is 5. The molecule has 0 radical (unpaired) electrons. The maximum absolute atomic E-state index is 12.3. The summed E-state index contributed by atoms with van der Waals surface area (Å²) in [6, 6.07) is 15.3. The van der Waals surface area contributed by atoms with E-state index >= 15 is 0 Å². The van der Waals surface area contributed by atoms with Gasteiger partial charge < -0.3 is 14.2 Å². The summed E-state index contributed by atoms with van der Waals surface area (Å²) in [7, 11) is 0. The average molecular weight is 531 g/mol. The fourth-order valence-electron chi connectivity index (χ4n) is 3.61. The zero-order valence-corrected chi connectivity index (χ0v) is 20.6. The van der Waals surface area contributed by atoms with E-state index in [0.717, 1.165) is 11.3 Å². The number of nitro groups is 1. The van der Waals surface area contributed by atoms with Gasteiger partial charge in [0, 0.05) is 55.0 Å². The van der Waals surface area contributed by atoms with Crippen molar-refractivity contribution in [2.75, 3.05) is 31.1 Å². The number of piperazine rings is 1. The lowest BCUT2D eigenvalue weighted by atomic mass is 10.2. The highest BCUT2D eigenvalue weighted by atomic mass is 35.5. The van der Waals surface area contributed by atoms with Gasteiger partial charge in [-0.2, -0.15) is 0 Å². The smallest absolute Gasteiger partial charge is 0.271 e. The van der Waals surface area contributed by atoms with Crippen LogP contribution in [-0.2, 0) is 4.79 Å². The SMILES string of the molecule is O=C(C=Cc1ccc(-c2ccc(Cl)cc2)o1)NC(=S)N1CCN(c2ccc([N+](=O)[O-])cc2Cl)CC1. The molecule has 1 N–H and O–H groups in total. The van der Waals surface area contributed by atoms with E-state index in [1.807, 2.05) is 28.0 Å². The Morgan fingerprint density at radius 2 is 1.77 bits per heavy atom. The van der Waals surface area contributed by atoms with Crippen molar-refractivity contribution in [3.63, 3.8) is 0 Å². The van der Waals surface area contributed by atoms with Gasteiger partial charge in [-0.3, -0.25) is 20.2 Å². The first-order chi connectivity index (χ1) is 16.8. The summed E-state index contributed by atoms with van der Waals surface area (Å²) in [6.45, 7) is 2.34. The molecular formula is C24H20Cl2N4O4S. The van der Waals surface area contributed by atoms with Crippen LogP contribution in [0.4, 0.5) is 11.4 Å². The first-order valence-electron chi connectivity index (χ1n) is 10.6. The maximum atomic E-state index is 12.3. The molecule has 1 aromatic heterocycles. The molecule has 0 bridgehead atoms. The minimum Gasteiger partial charge on any atom is -0.457 e. The Hall–Kier alpha value is -3.40. The van der Waals surface area contributed by atoms with Gasteiger partial charge in [0.2, 0.25) is 5.91 Å². The number of benzene rings is 2. The third-order valence-electron chi connectivity index (χ3n) is 5.43. The summed E-state index contributed by atoms with van der Waals surface area (Å²) in [5.74, 6) is 0.841. The number of nitro benzene ring substituents is 1. The van der Waals surface area contributed by atoms with Gasteiger partial charge in [0.05, 0.1) is 15.6 Å². The minimum absolute atomic E-state index is 0.0508. The third-order valence-corrected chi connectivity index (χ3v) is 6.35. The van der Waals surface area contributed by atoms with E-state index in [2.05, 4.69) is 5.32 Å². The molecule has 0 spiro atoms. The normalized spacial score (nSPS) is 13.8. The lowest BCUT2D eigenvalue weighted by Crippen LogP contribution is -2.52. The highest BCUT2D eigenvalue weighted by Crippen LogP contribution is 2.30. The number of hydrogen-bond acceptors (Lipinski definition) is 6. The van der Waals surface area contributed by atoms with Crippen molar-refractivity contribution in [1.82, 2.24) is 10.2 Å². The van der Waals surface area contributed by atoms with E-state index in [1.165, 1.54) is 18.2 Å². The number of non-ortho nitro benzene ring substituents is 1. The zero-order chi connectivity index (χ0) is 24.9. The van der Waals surface area contributed by atoms with Gasteiger partial charge in [0.1, 0.15) is 11.5 Å². The predicted molar refractivity (Wildman–Crippen MR) is 141 cm³/mol. The molecule has 2 aromatic carbocycles. The van der Waals surface area contributed by atoms with Crippen molar-refractivity contribution in [3.8, 4) is 11.3 Å². The average Bonchev–Trinajstić information content (AvgIpc) is 3.32. The molecule has 4 rings (SSSR count). The molecule has 11 heteroatoms. The number of anilines is 1. The topological polar surface area (TPSA) is 91.9 Å². The van der Waals surface area contributed by atoms with Crippen molar-refractivity contribution in [2.24, 2.45) is 0 Å². The molecule has 35 heavy (non-hydrogen) atoms. The van der Waals surface area contributed by atoms with Crippen LogP contribution < -0.4 is 10.2 Å². The molecule has 1 aliphatic rings. The van der Waals surface area contributed by atoms with Crippen molar-refractivity contribution in [2.45, 2.75) is 0 Å². The fraction of sp³-hybridized carbons (Fsp3) is 0.167. The predicted octanol–water partition coefficient (Wildman–Crippen LogP) is 5.40. The second-order valence-corrected chi connectivity index (χ2v) is 8.93. The Morgan fingerprint density at radius 3 is 2.43 bits per heavy atom.